The number of rotatable bonds is 3. The third-order valence-electron chi connectivity index (χ3n) is 2.46. The van der Waals surface area contributed by atoms with E-state index in [2.05, 4.69) is 13.5 Å². The van der Waals surface area contributed by atoms with Crippen LogP contribution in [0.1, 0.15) is 19.8 Å². The third-order valence-corrected chi connectivity index (χ3v) is 4.27. The van der Waals surface area contributed by atoms with Crippen LogP contribution in [0.2, 0.25) is 0 Å². The summed E-state index contributed by atoms with van der Waals surface area (Å²) in [5, 5.41) is 0. The van der Waals surface area contributed by atoms with Gasteiger partial charge in [-0.2, -0.15) is 0 Å². The van der Waals surface area contributed by atoms with Crippen molar-refractivity contribution in [1.29, 1.82) is 0 Å². The van der Waals surface area contributed by atoms with Crippen molar-refractivity contribution >= 4 is 10.0 Å². The van der Waals surface area contributed by atoms with Crippen LogP contribution in [0.3, 0.4) is 0 Å². The maximum Gasteiger partial charge on any atom is 0.217 e. The Bertz CT molecular complexity index is 263. The van der Waals surface area contributed by atoms with Gasteiger partial charge in [0.05, 0.1) is 5.75 Å². The van der Waals surface area contributed by atoms with E-state index in [4.69, 9.17) is 0 Å². The molecule has 1 aliphatic heterocycles. The van der Waals surface area contributed by atoms with Gasteiger partial charge in [0, 0.05) is 13.1 Å². The summed E-state index contributed by atoms with van der Waals surface area (Å²) >= 11 is 0. The highest BCUT2D eigenvalue weighted by atomic mass is 32.2. The molecule has 0 aromatic rings. The Morgan fingerprint density at radius 1 is 1.46 bits per heavy atom. The van der Waals surface area contributed by atoms with Crippen LogP contribution < -0.4 is 0 Å². The van der Waals surface area contributed by atoms with E-state index < -0.39 is 10.0 Å². The fourth-order valence-corrected chi connectivity index (χ4v) is 2.79. The van der Waals surface area contributed by atoms with E-state index in [1.807, 2.05) is 0 Å². The predicted octanol–water partition coefficient (Wildman–Crippen LogP) is 1.23. The minimum atomic E-state index is -3.04. The zero-order valence-electron chi connectivity index (χ0n) is 8.07. The molecule has 1 rings (SSSR count). The van der Waals surface area contributed by atoms with Gasteiger partial charge in [0.25, 0.3) is 0 Å². The predicted molar refractivity (Wildman–Crippen MR) is 54.0 cm³/mol. The molecule has 0 aliphatic carbocycles. The van der Waals surface area contributed by atoms with Gasteiger partial charge in [0.15, 0.2) is 0 Å². The first-order valence-corrected chi connectivity index (χ1v) is 6.26. The van der Waals surface area contributed by atoms with Crippen LogP contribution >= 0.6 is 0 Å². The maximum absolute atomic E-state index is 11.5. The van der Waals surface area contributed by atoms with Crippen LogP contribution in [-0.4, -0.2) is 31.6 Å². The number of nitrogens with zero attached hydrogens (tertiary/aromatic N) is 1. The van der Waals surface area contributed by atoms with Crippen molar-refractivity contribution in [2.24, 2.45) is 5.92 Å². The van der Waals surface area contributed by atoms with Gasteiger partial charge < -0.3 is 0 Å². The van der Waals surface area contributed by atoms with Crippen LogP contribution in [0.4, 0.5) is 0 Å². The molecule has 0 bridgehead atoms. The topological polar surface area (TPSA) is 37.4 Å². The van der Waals surface area contributed by atoms with Crippen molar-refractivity contribution in [3.8, 4) is 0 Å². The molecule has 0 aromatic heterocycles. The van der Waals surface area contributed by atoms with E-state index in [0.29, 0.717) is 19.0 Å². The Morgan fingerprint density at radius 2 is 2.00 bits per heavy atom. The summed E-state index contributed by atoms with van der Waals surface area (Å²) in [6.07, 6.45) is 3.42. The number of hydrogen-bond donors (Lipinski definition) is 0. The fraction of sp³-hybridized carbons (Fsp3) is 0.778. The molecule has 13 heavy (non-hydrogen) atoms. The number of piperidine rings is 1. The van der Waals surface area contributed by atoms with Gasteiger partial charge in [-0.1, -0.05) is 13.0 Å². The molecule has 0 amide bonds. The minimum Gasteiger partial charge on any atom is -0.212 e. The van der Waals surface area contributed by atoms with Gasteiger partial charge in [-0.15, -0.1) is 6.58 Å². The van der Waals surface area contributed by atoms with Gasteiger partial charge >= 0.3 is 0 Å². The van der Waals surface area contributed by atoms with Crippen LogP contribution in [0.25, 0.3) is 0 Å². The lowest BCUT2D eigenvalue weighted by Gasteiger charge is -2.28. The van der Waals surface area contributed by atoms with Crippen LogP contribution in [0, 0.1) is 5.92 Å². The molecule has 3 nitrogen and oxygen atoms in total. The van der Waals surface area contributed by atoms with Gasteiger partial charge in [-0.3, -0.25) is 0 Å². The van der Waals surface area contributed by atoms with Crippen molar-refractivity contribution in [3.63, 3.8) is 0 Å². The summed E-state index contributed by atoms with van der Waals surface area (Å²) in [5.74, 6) is 0.733. The largest absolute Gasteiger partial charge is 0.217 e. The van der Waals surface area contributed by atoms with E-state index in [9.17, 15) is 8.42 Å². The second kappa shape index (κ2) is 4.24. The molecule has 76 valence electrons. The first kappa shape index (κ1) is 10.7. The lowest BCUT2D eigenvalue weighted by atomic mass is 10.0. The van der Waals surface area contributed by atoms with Crippen molar-refractivity contribution in [1.82, 2.24) is 4.31 Å². The Kier molecular flexibility index (Phi) is 3.50. The Labute approximate surface area is 80.5 Å². The standard InChI is InChI=1S/C9H17NO2S/c1-3-8-13(11,12)10-6-4-9(2)5-7-10/h3,9H,1,4-8H2,2H3. The quantitative estimate of drug-likeness (QED) is 0.647. The highest BCUT2D eigenvalue weighted by Crippen LogP contribution is 2.18. The smallest absolute Gasteiger partial charge is 0.212 e. The van der Waals surface area contributed by atoms with Gasteiger partial charge in [0.2, 0.25) is 10.0 Å². The Balaban J connectivity index is 2.58. The first-order chi connectivity index (χ1) is 6.06. The molecule has 1 saturated heterocycles. The maximum atomic E-state index is 11.5. The average Bonchev–Trinajstić information content (AvgIpc) is 2.05. The molecule has 0 radical (unpaired) electrons. The van der Waals surface area contributed by atoms with Crippen molar-refractivity contribution in [2.45, 2.75) is 19.8 Å². The molecule has 0 unspecified atom stereocenters. The normalized spacial score (nSPS) is 21.6. The molecule has 0 aromatic carbocycles. The summed E-state index contributed by atoms with van der Waals surface area (Å²) in [5.41, 5.74) is 0. The molecule has 1 aliphatic rings. The van der Waals surface area contributed by atoms with Crippen molar-refractivity contribution < 1.29 is 8.42 Å². The minimum absolute atomic E-state index is 0.0708. The van der Waals surface area contributed by atoms with Crippen molar-refractivity contribution in [2.75, 3.05) is 18.8 Å². The molecular formula is C9H17NO2S. The Morgan fingerprint density at radius 3 is 2.46 bits per heavy atom. The number of hydrogen-bond acceptors (Lipinski definition) is 2. The van der Waals surface area contributed by atoms with E-state index in [0.717, 1.165) is 12.8 Å². The van der Waals surface area contributed by atoms with E-state index in [1.54, 1.807) is 4.31 Å². The van der Waals surface area contributed by atoms with Crippen LogP contribution in [0.5, 0.6) is 0 Å². The molecule has 0 N–H and O–H groups in total. The molecule has 1 fully saturated rings. The summed E-state index contributed by atoms with van der Waals surface area (Å²) in [4.78, 5) is 0. The first-order valence-electron chi connectivity index (χ1n) is 4.65. The van der Waals surface area contributed by atoms with Crippen LogP contribution in [0.15, 0.2) is 12.7 Å². The zero-order chi connectivity index (χ0) is 9.90. The summed E-state index contributed by atoms with van der Waals surface area (Å²) in [6.45, 7) is 6.97. The monoisotopic (exact) mass is 203 g/mol. The summed E-state index contributed by atoms with van der Waals surface area (Å²) in [6, 6.07) is 0. The Hall–Kier alpha value is -0.350. The van der Waals surface area contributed by atoms with E-state index in [1.165, 1.54) is 6.08 Å². The highest BCUT2D eigenvalue weighted by molar-refractivity contribution is 7.89. The molecule has 1 heterocycles. The van der Waals surface area contributed by atoms with Gasteiger partial charge in [-0.05, 0) is 18.8 Å². The molecule has 0 spiro atoms. The van der Waals surface area contributed by atoms with Crippen molar-refractivity contribution in [3.05, 3.63) is 12.7 Å². The van der Waals surface area contributed by atoms with Gasteiger partial charge in [-0.25, -0.2) is 12.7 Å². The van der Waals surface area contributed by atoms with E-state index in [-0.39, 0.29) is 5.75 Å². The second-order valence-corrected chi connectivity index (χ2v) is 5.66. The van der Waals surface area contributed by atoms with Crippen LogP contribution in [-0.2, 0) is 10.0 Å². The zero-order valence-corrected chi connectivity index (χ0v) is 8.89. The average molecular weight is 203 g/mol. The summed E-state index contributed by atoms with van der Waals surface area (Å²) < 4.78 is 24.7. The molecule has 0 atom stereocenters. The van der Waals surface area contributed by atoms with E-state index >= 15 is 0 Å². The third kappa shape index (κ3) is 2.81. The molecular weight excluding hydrogens is 186 g/mol. The molecule has 4 heteroatoms. The lowest BCUT2D eigenvalue weighted by Crippen LogP contribution is -2.38. The van der Waals surface area contributed by atoms with Gasteiger partial charge in [0.1, 0.15) is 0 Å². The SMILES string of the molecule is C=CCS(=O)(=O)N1CCC(C)CC1. The highest BCUT2D eigenvalue weighted by Gasteiger charge is 2.24. The fourth-order valence-electron chi connectivity index (χ4n) is 1.52. The lowest BCUT2D eigenvalue weighted by molar-refractivity contribution is 0.288. The summed E-state index contributed by atoms with van der Waals surface area (Å²) in [7, 11) is -3.04. The molecule has 0 saturated carbocycles. The number of sulfonamides is 1. The second-order valence-electron chi connectivity index (χ2n) is 3.65.